The summed E-state index contributed by atoms with van der Waals surface area (Å²) in [5, 5.41) is 5.00. The minimum absolute atomic E-state index is 0.387. The second-order valence-electron chi connectivity index (χ2n) is 5.79. The van der Waals surface area contributed by atoms with Gasteiger partial charge in [-0.15, -0.1) is 0 Å². The molecule has 1 atom stereocenters. The van der Waals surface area contributed by atoms with Gasteiger partial charge in [-0.3, -0.25) is 0 Å². The highest BCUT2D eigenvalue weighted by atomic mass is 32.2. The molecule has 96 valence electrons. The number of anilines is 1. The third-order valence-electron chi connectivity index (χ3n) is 4.01. The van der Waals surface area contributed by atoms with Crippen LogP contribution < -0.4 is 5.32 Å². The summed E-state index contributed by atoms with van der Waals surface area (Å²) in [6.07, 6.45) is 3.29. The van der Waals surface area contributed by atoms with E-state index in [0.29, 0.717) is 11.5 Å². The van der Waals surface area contributed by atoms with Crippen LogP contribution in [0.4, 0.5) is 5.69 Å². The van der Waals surface area contributed by atoms with E-state index < -0.39 is 0 Å². The normalized spacial score (nSPS) is 23.1. The summed E-state index contributed by atoms with van der Waals surface area (Å²) in [5.41, 5.74) is 2.83. The summed E-state index contributed by atoms with van der Waals surface area (Å²) in [6.45, 7) is 4.75. The standard InChI is InChI=1S/C15H20N2S/c1-15(2)6-8-18-10-14(15)17-12-3-4-13-11(9-12)5-7-16-13/h3-5,7,9,14,16-17H,6,8,10H2,1-2H3. The molecule has 1 unspecified atom stereocenters. The lowest BCUT2D eigenvalue weighted by molar-refractivity contribution is 0.305. The van der Waals surface area contributed by atoms with E-state index in [1.54, 1.807) is 0 Å². The summed E-state index contributed by atoms with van der Waals surface area (Å²) in [7, 11) is 0. The highest BCUT2D eigenvalue weighted by Crippen LogP contribution is 2.36. The Balaban J connectivity index is 1.82. The summed E-state index contributed by atoms with van der Waals surface area (Å²) in [6, 6.07) is 9.25. The topological polar surface area (TPSA) is 27.8 Å². The van der Waals surface area contributed by atoms with Crippen LogP contribution in [-0.4, -0.2) is 22.5 Å². The minimum atomic E-state index is 0.387. The number of benzene rings is 1. The maximum absolute atomic E-state index is 3.72. The molecule has 1 aromatic heterocycles. The zero-order valence-corrected chi connectivity index (χ0v) is 11.8. The lowest BCUT2D eigenvalue weighted by atomic mass is 9.82. The van der Waals surface area contributed by atoms with Gasteiger partial charge in [0.15, 0.2) is 0 Å². The van der Waals surface area contributed by atoms with Crippen molar-refractivity contribution in [2.45, 2.75) is 26.3 Å². The first-order valence-corrected chi connectivity index (χ1v) is 7.72. The number of fused-ring (bicyclic) bond motifs is 1. The Morgan fingerprint density at radius 3 is 3.06 bits per heavy atom. The quantitative estimate of drug-likeness (QED) is 0.850. The SMILES string of the molecule is CC1(C)CCSCC1Nc1ccc2[nH]ccc2c1. The average molecular weight is 260 g/mol. The second kappa shape index (κ2) is 4.54. The Kier molecular flexibility index (Phi) is 3.02. The van der Waals surface area contributed by atoms with Crippen LogP contribution >= 0.6 is 11.8 Å². The van der Waals surface area contributed by atoms with Gasteiger partial charge in [-0.2, -0.15) is 11.8 Å². The van der Waals surface area contributed by atoms with Crippen LogP contribution in [-0.2, 0) is 0 Å². The number of hydrogen-bond acceptors (Lipinski definition) is 2. The molecule has 3 rings (SSSR count). The van der Waals surface area contributed by atoms with Gasteiger partial charge in [-0.25, -0.2) is 0 Å². The molecule has 0 amide bonds. The van der Waals surface area contributed by atoms with Crippen molar-refractivity contribution in [3.05, 3.63) is 30.5 Å². The molecular weight excluding hydrogens is 240 g/mol. The van der Waals surface area contributed by atoms with Crippen LogP contribution in [0.15, 0.2) is 30.5 Å². The van der Waals surface area contributed by atoms with Gasteiger partial charge in [0, 0.05) is 34.6 Å². The number of hydrogen-bond donors (Lipinski definition) is 2. The Morgan fingerprint density at radius 1 is 1.33 bits per heavy atom. The van der Waals surface area contributed by atoms with Gasteiger partial charge >= 0.3 is 0 Å². The Morgan fingerprint density at radius 2 is 2.22 bits per heavy atom. The third-order valence-corrected chi connectivity index (χ3v) is 5.07. The zero-order chi connectivity index (χ0) is 12.6. The number of rotatable bonds is 2. The van der Waals surface area contributed by atoms with Crippen molar-refractivity contribution >= 4 is 28.4 Å². The Hall–Kier alpha value is -1.09. The van der Waals surface area contributed by atoms with Crippen LogP contribution in [0.5, 0.6) is 0 Å². The predicted molar refractivity (Wildman–Crippen MR) is 81.4 cm³/mol. The molecule has 1 aliphatic rings. The van der Waals surface area contributed by atoms with Gasteiger partial charge in [0.1, 0.15) is 0 Å². The van der Waals surface area contributed by atoms with Gasteiger partial charge < -0.3 is 10.3 Å². The van der Waals surface area contributed by atoms with E-state index in [4.69, 9.17) is 0 Å². The van der Waals surface area contributed by atoms with Crippen LogP contribution in [0.1, 0.15) is 20.3 Å². The Labute approximate surface area is 113 Å². The second-order valence-corrected chi connectivity index (χ2v) is 6.94. The van der Waals surface area contributed by atoms with Gasteiger partial charge in [-0.1, -0.05) is 13.8 Å². The summed E-state index contributed by atoms with van der Waals surface area (Å²) in [4.78, 5) is 3.23. The lowest BCUT2D eigenvalue weighted by Crippen LogP contribution is -2.41. The smallest absolute Gasteiger partial charge is 0.0455 e. The molecule has 2 heterocycles. The third kappa shape index (κ3) is 2.24. The molecule has 1 aromatic carbocycles. The minimum Gasteiger partial charge on any atom is -0.381 e. The molecule has 2 nitrogen and oxygen atoms in total. The fourth-order valence-electron chi connectivity index (χ4n) is 2.52. The molecule has 0 spiro atoms. The van der Waals surface area contributed by atoms with E-state index in [1.807, 2.05) is 6.20 Å². The van der Waals surface area contributed by atoms with E-state index in [2.05, 4.69) is 60.2 Å². The molecule has 1 fully saturated rings. The lowest BCUT2D eigenvalue weighted by Gasteiger charge is -2.39. The summed E-state index contributed by atoms with van der Waals surface area (Å²) in [5.74, 6) is 2.50. The molecule has 2 aromatic rings. The molecule has 0 bridgehead atoms. The van der Waals surface area contributed by atoms with E-state index >= 15 is 0 Å². The Bertz CT molecular complexity index is 544. The number of H-pyrrole nitrogens is 1. The molecule has 3 heteroatoms. The summed E-state index contributed by atoms with van der Waals surface area (Å²) < 4.78 is 0. The fraction of sp³-hybridized carbons (Fsp3) is 0.467. The van der Waals surface area contributed by atoms with Crippen molar-refractivity contribution in [2.24, 2.45) is 5.41 Å². The number of nitrogens with one attached hydrogen (secondary N) is 2. The van der Waals surface area contributed by atoms with Crippen molar-refractivity contribution in [1.82, 2.24) is 4.98 Å². The van der Waals surface area contributed by atoms with Crippen LogP contribution in [0.3, 0.4) is 0 Å². The average Bonchev–Trinajstić information content (AvgIpc) is 2.79. The largest absolute Gasteiger partial charge is 0.381 e. The monoisotopic (exact) mass is 260 g/mol. The molecule has 0 radical (unpaired) electrons. The van der Waals surface area contributed by atoms with Gasteiger partial charge in [0.25, 0.3) is 0 Å². The van der Waals surface area contributed by atoms with E-state index in [0.717, 1.165) is 0 Å². The molecule has 1 aliphatic heterocycles. The molecule has 0 saturated carbocycles. The molecule has 1 saturated heterocycles. The van der Waals surface area contributed by atoms with E-state index in [1.165, 1.54) is 34.5 Å². The van der Waals surface area contributed by atoms with Crippen molar-refractivity contribution in [1.29, 1.82) is 0 Å². The van der Waals surface area contributed by atoms with Crippen molar-refractivity contribution in [3.63, 3.8) is 0 Å². The van der Waals surface area contributed by atoms with Crippen molar-refractivity contribution < 1.29 is 0 Å². The zero-order valence-electron chi connectivity index (χ0n) is 11.0. The molecular formula is C15H20N2S. The van der Waals surface area contributed by atoms with E-state index in [9.17, 15) is 0 Å². The van der Waals surface area contributed by atoms with Gasteiger partial charge in [-0.05, 0) is 41.9 Å². The molecule has 2 N–H and O–H groups in total. The maximum atomic E-state index is 3.72. The van der Waals surface area contributed by atoms with E-state index in [-0.39, 0.29) is 0 Å². The number of thioether (sulfide) groups is 1. The number of aromatic nitrogens is 1. The van der Waals surface area contributed by atoms with Crippen LogP contribution in [0.2, 0.25) is 0 Å². The van der Waals surface area contributed by atoms with Crippen LogP contribution in [0.25, 0.3) is 10.9 Å². The molecule has 0 aliphatic carbocycles. The van der Waals surface area contributed by atoms with Crippen molar-refractivity contribution in [2.75, 3.05) is 16.8 Å². The first-order chi connectivity index (χ1) is 8.65. The highest BCUT2D eigenvalue weighted by molar-refractivity contribution is 7.99. The highest BCUT2D eigenvalue weighted by Gasteiger charge is 2.32. The predicted octanol–water partition coefficient (Wildman–Crippen LogP) is 4.11. The number of aromatic amines is 1. The summed E-state index contributed by atoms with van der Waals surface area (Å²) >= 11 is 2.06. The van der Waals surface area contributed by atoms with Crippen molar-refractivity contribution in [3.8, 4) is 0 Å². The molecule has 18 heavy (non-hydrogen) atoms. The maximum Gasteiger partial charge on any atom is 0.0455 e. The first-order valence-electron chi connectivity index (χ1n) is 6.57. The van der Waals surface area contributed by atoms with Crippen LogP contribution in [0, 0.1) is 5.41 Å². The first kappa shape index (κ1) is 12.0. The van der Waals surface area contributed by atoms with Gasteiger partial charge in [0.2, 0.25) is 0 Å². The fourth-order valence-corrected chi connectivity index (χ4v) is 4.12. The van der Waals surface area contributed by atoms with Gasteiger partial charge in [0.05, 0.1) is 0 Å².